The van der Waals surface area contributed by atoms with Gasteiger partial charge in [-0.1, -0.05) is 13.8 Å². The molecule has 0 aliphatic rings. The Morgan fingerprint density at radius 3 is 2.82 bits per heavy atom. The van der Waals surface area contributed by atoms with Gasteiger partial charge in [0.05, 0.1) is 12.2 Å². The number of nitrogens with two attached hydrogens (primary N) is 1. The lowest BCUT2D eigenvalue weighted by molar-refractivity contribution is -0.0228. The average Bonchev–Trinajstić information content (AvgIpc) is 2.48. The first kappa shape index (κ1) is 18.2. The van der Waals surface area contributed by atoms with E-state index in [9.17, 15) is 10.4 Å². The van der Waals surface area contributed by atoms with Crippen LogP contribution < -0.4 is 20.5 Å². The Labute approximate surface area is 131 Å². The van der Waals surface area contributed by atoms with Crippen molar-refractivity contribution in [2.45, 2.75) is 39.0 Å². The summed E-state index contributed by atoms with van der Waals surface area (Å²) in [6, 6.07) is 7.35. The number of hydrogen-bond donors (Lipinski definition) is 3. The van der Waals surface area contributed by atoms with Crippen LogP contribution in [0.3, 0.4) is 0 Å². The van der Waals surface area contributed by atoms with E-state index in [2.05, 4.69) is 5.32 Å². The molecule has 0 bridgehead atoms. The average molecular weight is 307 g/mol. The van der Waals surface area contributed by atoms with Crippen LogP contribution in [0.5, 0.6) is 11.5 Å². The molecule has 1 aromatic carbocycles. The smallest absolute Gasteiger partial charge is 0.198 e. The molecule has 0 amide bonds. The Balaban J connectivity index is 2.57. The molecule has 6 heteroatoms. The highest BCUT2D eigenvalue weighted by molar-refractivity contribution is 5.47. The van der Waals surface area contributed by atoms with E-state index in [1.165, 1.54) is 0 Å². The molecule has 0 heterocycles. The normalized spacial score (nSPS) is 12.0. The van der Waals surface area contributed by atoms with E-state index >= 15 is 0 Å². The van der Waals surface area contributed by atoms with Crippen LogP contribution in [-0.4, -0.2) is 37.1 Å². The lowest BCUT2D eigenvalue weighted by atomic mass is 10.2. The third-order valence-electron chi connectivity index (χ3n) is 2.90. The molecule has 0 spiro atoms. The van der Waals surface area contributed by atoms with Gasteiger partial charge in [0, 0.05) is 25.1 Å². The van der Waals surface area contributed by atoms with E-state index in [0.29, 0.717) is 49.2 Å². The van der Waals surface area contributed by atoms with Crippen molar-refractivity contribution in [1.82, 2.24) is 5.32 Å². The van der Waals surface area contributed by atoms with Crippen molar-refractivity contribution >= 4 is 0 Å². The van der Waals surface area contributed by atoms with Gasteiger partial charge in [-0.2, -0.15) is 5.26 Å². The largest absolute Gasteiger partial charge is 0.493 e. The maximum absolute atomic E-state index is 9.86. The Bertz CT molecular complexity index is 486. The SMILES string of the molecule is CC(C)NCC[C@@H](O)Oc1ccc(OCCCN)cc1C#N. The van der Waals surface area contributed by atoms with Crippen molar-refractivity contribution in [2.24, 2.45) is 5.73 Å². The number of hydrogen-bond acceptors (Lipinski definition) is 6. The molecule has 0 aliphatic carbocycles. The van der Waals surface area contributed by atoms with E-state index in [1.807, 2.05) is 19.9 Å². The number of benzene rings is 1. The Hall–Kier alpha value is -1.81. The van der Waals surface area contributed by atoms with Gasteiger partial charge in [0.15, 0.2) is 6.29 Å². The quantitative estimate of drug-likeness (QED) is 0.446. The van der Waals surface area contributed by atoms with E-state index < -0.39 is 6.29 Å². The second kappa shape index (κ2) is 10.0. The molecule has 122 valence electrons. The number of ether oxygens (including phenoxy) is 2. The first-order chi connectivity index (χ1) is 10.6. The van der Waals surface area contributed by atoms with E-state index in [-0.39, 0.29) is 0 Å². The van der Waals surface area contributed by atoms with Gasteiger partial charge in [0.1, 0.15) is 17.6 Å². The number of aliphatic hydroxyl groups is 1. The highest BCUT2D eigenvalue weighted by atomic mass is 16.6. The van der Waals surface area contributed by atoms with Gasteiger partial charge in [-0.15, -0.1) is 0 Å². The molecule has 0 saturated carbocycles. The van der Waals surface area contributed by atoms with Crippen LogP contribution >= 0.6 is 0 Å². The molecule has 1 aromatic rings. The van der Waals surface area contributed by atoms with Crippen LogP contribution in [0.2, 0.25) is 0 Å². The van der Waals surface area contributed by atoms with Gasteiger partial charge in [-0.05, 0) is 25.1 Å². The number of nitriles is 1. The second-order valence-corrected chi connectivity index (χ2v) is 5.23. The summed E-state index contributed by atoms with van der Waals surface area (Å²) in [6.07, 6.45) is 0.238. The first-order valence-corrected chi connectivity index (χ1v) is 7.52. The van der Waals surface area contributed by atoms with E-state index in [4.69, 9.17) is 15.2 Å². The zero-order valence-electron chi connectivity index (χ0n) is 13.2. The topological polar surface area (TPSA) is 101 Å². The number of rotatable bonds is 10. The molecule has 0 radical (unpaired) electrons. The Kier molecular flexibility index (Phi) is 8.30. The molecule has 4 N–H and O–H groups in total. The fraction of sp³-hybridized carbons (Fsp3) is 0.562. The molecule has 1 atom stereocenters. The molecule has 0 saturated heterocycles. The molecular weight excluding hydrogens is 282 g/mol. The minimum absolute atomic E-state index is 0.334. The highest BCUT2D eigenvalue weighted by Crippen LogP contribution is 2.24. The summed E-state index contributed by atoms with van der Waals surface area (Å²) in [5.74, 6) is 0.944. The third kappa shape index (κ3) is 6.76. The number of nitrogens with zero attached hydrogens (tertiary/aromatic N) is 1. The van der Waals surface area contributed by atoms with Gasteiger partial charge in [-0.25, -0.2) is 0 Å². The minimum atomic E-state index is -0.956. The fourth-order valence-corrected chi connectivity index (χ4v) is 1.76. The van der Waals surface area contributed by atoms with Crippen molar-refractivity contribution in [2.75, 3.05) is 19.7 Å². The van der Waals surface area contributed by atoms with Crippen LogP contribution in [0.15, 0.2) is 18.2 Å². The van der Waals surface area contributed by atoms with Gasteiger partial charge < -0.3 is 25.6 Å². The van der Waals surface area contributed by atoms with Crippen LogP contribution in [0.4, 0.5) is 0 Å². The first-order valence-electron chi connectivity index (χ1n) is 7.52. The summed E-state index contributed by atoms with van der Waals surface area (Å²) in [7, 11) is 0. The second-order valence-electron chi connectivity index (χ2n) is 5.23. The van der Waals surface area contributed by atoms with Crippen molar-refractivity contribution in [3.8, 4) is 17.6 Å². The van der Waals surface area contributed by atoms with Gasteiger partial charge in [0.25, 0.3) is 0 Å². The standard InChI is InChI=1S/C16H25N3O3/c1-12(2)19-8-6-16(20)22-15-5-4-14(10-13(15)11-18)21-9-3-7-17/h4-5,10,12,16,19-20H,3,6-9,17H2,1-2H3/t16-/m0/s1. The van der Waals surface area contributed by atoms with Crippen LogP contribution in [0, 0.1) is 11.3 Å². The summed E-state index contributed by atoms with van der Waals surface area (Å²) < 4.78 is 10.9. The monoisotopic (exact) mass is 307 g/mol. The molecule has 0 aromatic heterocycles. The molecule has 0 unspecified atom stereocenters. The number of aliphatic hydroxyl groups excluding tert-OH is 1. The van der Waals surface area contributed by atoms with Crippen LogP contribution in [0.1, 0.15) is 32.3 Å². The summed E-state index contributed by atoms with van der Waals surface area (Å²) >= 11 is 0. The molecule has 6 nitrogen and oxygen atoms in total. The summed E-state index contributed by atoms with van der Waals surface area (Å²) in [5.41, 5.74) is 5.74. The van der Waals surface area contributed by atoms with Crippen molar-refractivity contribution in [1.29, 1.82) is 5.26 Å². The predicted molar refractivity (Wildman–Crippen MR) is 84.7 cm³/mol. The Morgan fingerprint density at radius 1 is 1.41 bits per heavy atom. The predicted octanol–water partition coefficient (Wildman–Crippen LogP) is 1.37. The minimum Gasteiger partial charge on any atom is -0.493 e. The highest BCUT2D eigenvalue weighted by Gasteiger charge is 2.11. The van der Waals surface area contributed by atoms with Crippen LogP contribution in [-0.2, 0) is 0 Å². The lowest BCUT2D eigenvalue weighted by Gasteiger charge is -2.16. The van der Waals surface area contributed by atoms with Gasteiger partial charge in [0.2, 0.25) is 0 Å². The van der Waals surface area contributed by atoms with Crippen molar-refractivity contribution in [3.63, 3.8) is 0 Å². The zero-order valence-corrected chi connectivity index (χ0v) is 13.2. The van der Waals surface area contributed by atoms with E-state index in [1.54, 1.807) is 18.2 Å². The Morgan fingerprint density at radius 2 is 2.18 bits per heavy atom. The fourth-order valence-electron chi connectivity index (χ4n) is 1.76. The maximum Gasteiger partial charge on any atom is 0.198 e. The molecule has 22 heavy (non-hydrogen) atoms. The molecular formula is C16H25N3O3. The maximum atomic E-state index is 9.86. The zero-order chi connectivity index (χ0) is 16.4. The van der Waals surface area contributed by atoms with Crippen molar-refractivity contribution in [3.05, 3.63) is 23.8 Å². The van der Waals surface area contributed by atoms with E-state index in [0.717, 1.165) is 6.42 Å². The summed E-state index contributed by atoms with van der Waals surface area (Å²) in [6.45, 7) is 5.77. The molecule has 0 aliphatic heterocycles. The molecule has 0 fully saturated rings. The summed E-state index contributed by atoms with van der Waals surface area (Å²) in [4.78, 5) is 0. The lowest BCUT2D eigenvalue weighted by Crippen LogP contribution is -2.28. The number of nitrogens with one attached hydrogen (secondary N) is 1. The van der Waals surface area contributed by atoms with Crippen LogP contribution in [0.25, 0.3) is 0 Å². The van der Waals surface area contributed by atoms with Gasteiger partial charge in [-0.3, -0.25) is 0 Å². The van der Waals surface area contributed by atoms with Gasteiger partial charge >= 0.3 is 0 Å². The third-order valence-corrected chi connectivity index (χ3v) is 2.90. The molecule has 1 rings (SSSR count). The van der Waals surface area contributed by atoms with Crippen molar-refractivity contribution < 1.29 is 14.6 Å². The summed E-state index contributed by atoms with van der Waals surface area (Å²) in [5, 5.41) is 22.2.